The highest BCUT2D eigenvalue weighted by molar-refractivity contribution is 6.61. The van der Waals surface area contributed by atoms with Crippen LogP contribution in [-0.2, 0) is 9.31 Å². The molecule has 0 saturated heterocycles. The van der Waals surface area contributed by atoms with Crippen LogP contribution in [0.15, 0.2) is 18.2 Å². The summed E-state index contributed by atoms with van der Waals surface area (Å²) < 4.78 is 184. The first-order valence-electron chi connectivity index (χ1n) is 6.76. The maximum atomic E-state index is 13.2. The lowest BCUT2D eigenvalue weighted by atomic mass is 9.77. The molecular weight excluding hydrogens is 453 g/mol. The van der Waals surface area contributed by atoms with Crippen molar-refractivity contribution in [2.24, 2.45) is 0 Å². The van der Waals surface area contributed by atoms with Crippen molar-refractivity contribution in [2.75, 3.05) is 0 Å². The largest absolute Gasteiger partial charge is 0.495 e. The summed E-state index contributed by atoms with van der Waals surface area (Å²) in [6.07, 6.45) is -35.4. The topological polar surface area (TPSA) is 18.5 Å². The van der Waals surface area contributed by atoms with Crippen LogP contribution in [0, 0.1) is 11.6 Å². The smallest absolute Gasteiger partial charge is 0.389 e. The third-order valence-electron chi connectivity index (χ3n) is 2.87. The van der Waals surface area contributed by atoms with Gasteiger partial charge in [-0.25, -0.2) is 8.78 Å². The van der Waals surface area contributed by atoms with E-state index in [1.54, 1.807) is 0 Å². The second kappa shape index (κ2) is 8.16. The molecule has 0 saturated carbocycles. The second-order valence-corrected chi connectivity index (χ2v) is 5.23. The highest BCUT2D eigenvalue weighted by atomic mass is 19.4. The zero-order chi connectivity index (χ0) is 23.0. The van der Waals surface area contributed by atoms with Gasteiger partial charge < -0.3 is 9.31 Å². The molecule has 0 radical (unpaired) electrons. The Morgan fingerprint density at radius 2 is 0.828 bits per heavy atom. The molecule has 0 unspecified atom stereocenters. The van der Waals surface area contributed by atoms with E-state index in [0.717, 1.165) is 0 Å². The second-order valence-electron chi connectivity index (χ2n) is 5.23. The van der Waals surface area contributed by atoms with E-state index in [1.807, 2.05) is 0 Å². The SMILES string of the molecule is Fc1cc(F)cc(B(OC(C(F)(F)F)C(F)(F)F)OC(C(F)(F)F)C(F)(F)F)c1. The molecule has 166 valence electrons. The van der Waals surface area contributed by atoms with E-state index < -0.39 is 61.1 Å². The van der Waals surface area contributed by atoms with E-state index in [0.29, 0.717) is 0 Å². The van der Waals surface area contributed by atoms with Gasteiger partial charge in [-0.05, 0) is 17.6 Å². The minimum atomic E-state index is -6.38. The summed E-state index contributed by atoms with van der Waals surface area (Å²) in [5.74, 6) is -3.52. The van der Waals surface area contributed by atoms with Gasteiger partial charge in [0.15, 0.2) is 0 Å². The average Bonchev–Trinajstić information content (AvgIpc) is 2.40. The van der Waals surface area contributed by atoms with E-state index in [-0.39, 0.29) is 18.2 Å². The summed E-state index contributed by atoms with van der Waals surface area (Å²) in [5, 5.41) is 0. The molecule has 0 spiro atoms. The molecule has 1 aromatic carbocycles. The van der Waals surface area contributed by atoms with Crippen LogP contribution in [0.2, 0.25) is 0 Å². The summed E-state index contributed by atoms with van der Waals surface area (Å²) in [5.41, 5.74) is -1.64. The molecule has 0 N–H and O–H groups in total. The predicted octanol–water partition coefficient (Wildman–Crippen LogP) is 4.68. The highest BCUT2D eigenvalue weighted by Crippen LogP contribution is 2.39. The number of halogens is 14. The molecule has 0 atom stereocenters. The Morgan fingerprint density at radius 3 is 1.07 bits per heavy atom. The van der Waals surface area contributed by atoms with Crippen LogP contribution in [0.5, 0.6) is 0 Å². The summed E-state index contributed by atoms with van der Waals surface area (Å²) in [6.45, 7) is 0. The summed E-state index contributed by atoms with van der Waals surface area (Å²) in [7, 11) is -3.76. The first-order valence-corrected chi connectivity index (χ1v) is 6.76. The van der Waals surface area contributed by atoms with Crippen molar-refractivity contribution in [1.82, 2.24) is 0 Å². The fourth-order valence-electron chi connectivity index (χ4n) is 1.83. The molecule has 0 aliphatic rings. The van der Waals surface area contributed by atoms with Crippen LogP contribution in [0.3, 0.4) is 0 Å². The van der Waals surface area contributed by atoms with Crippen LogP contribution in [0.4, 0.5) is 61.5 Å². The number of benzene rings is 1. The minimum absolute atomic E-state index is 0.0173. The Morgan fingerprint density at radius 1 is 0.552 bits per heavy atom. The first kappa shape index (κ1) is 25.3. The van der Waals surface area contributed by atoms with Gasteiger partial charge in [0.1, 0.15) is 11.6 Å². The van der Waals surface area contributed by atoms with Gasteiger partial charge in [-0.3, -0.25) is 0 Å². The molecule has 29 heavy (non-hydrogen) atoms. The Kier molecular flexibility index (Phi) is 7.11. The van der Waals surface area contributed by atoms with Gasteiger partial charge in [-0.1, -0.05) is 0 Å². The van der Waals surface area contributed by atoms with Crippen molar-refractivity contribution in [2.45, 2.75) is 36.9 Å². The van der Waals surface area contributed by atoms with Crippen LogP contribution in [0.1, 0.15) is 0 Å². The lowest BCUT2D eigenvalue weighted by molar-refractivity contribution is -0.317. The summed E-state index contributed by atoms with van der Waals surface area (Å²) in [6, 6.07) is -0.348. The Balaban J connectivity index is 3.50. The Hall–Kier alpha value is -1.78. The first-order chi connectivity index (χ1) is 12.7. The maximum Gasteiger partial charge on any atom is 0.495 e. The van der Waals surface area contributed by atoms with E-state index in [4.69, 9.17) is 0 Å². The van der Waals surface area contributed by atoms with E-state index in [2.05, 4.69) is 9.31 Å². The molecule has 1 aromatic rings. The van der Waals surface area contributed by atoms with Gasteiger partial charge in [0, 0.05) is 6.07 Å². The Bertz CT molecular complexity index is 610. The van der Waals surface area contributed by atoms with E-state index >= 15 is 0 Å². The summed E-state index contributed by atoms with van der Waals surface area (Å²) >= 11 is 0. The Labute approximate surface area is 151 Å². The van der Waals surface area contributed by atoms with Crippen molar-refractivity contribution in [1.29, 1.82) is 0 Å². The fraction of sp³-hybridized carbons (Fsp3) is 0.500. The molecule has 0 aliphatic carbocycles. The maximum absolute atomic E-state index is 13.2. The molecule has 0 aromatic heterocycles. The van der Waals surface area contributed by atoms with Crippen LogP contribution >= 0.6 is 0 Å². The number of rotatable bonds is 5. The van der Waals surface area contributed by atoms with Gasteiger partial charge in [0.05, 0.1) is 0 Å². The lowest BCUT2D eigenvalue weighted by Crippen LogP contribution is -2.56. The minimum Gasteiger partial charge on any atom is -0.389 e. The number of alkyl halides is 12. The molecule has 0 fully saturated rings. The van der Waals surface area contributed by atoms with E-state index in [1.165, 1.54) is 0 Å². The molecule has 2 nitrogen and oxygen atoms in total. The van der Waals surface area contributed by atoms with Crippen molar-refractivity contribution < 1.29 is 70.8 Å². The molecule has 0 heterocycles. The van der Waals surface area contributed by atoms with Gasteiger partial charge >= 0.3 is 31.8 Å². The third kappa shape index (κ3) is 7.20. The average molecular weight is 458 g/mol. The number of hydrogen-bond donors (Lipinski definition) is 0. The standard InChI is InChI=1S/C12H5BF14O2/c14-5-1-4(2-6(15)3-5)13(28-7(9(16,17)18)10(19,20)21)29-8(11(22,23)24)12(25,26)27/h1-3,7-8H. The number of hydrogen-bond acceptors (Lipinski definition) is 2. The zero-order valence-electron chi connectivity index (χ0n) is 13.1. The lowest BCUT2D eigenvalue weighted by Gasteiger charge is -2.30. The molecule has 0 bridgehead atoms. The van der Waals surface area contributed by atoms with Crippen molar-refractivity contribution in [3.63, 3.8) is 0 Å². The van der Waals surface area contributed by atoms with E-state index in [9.17, 15) is 61.5 Å². The summed E-state index contributed by atoms with van der Waals surface area (Å²) in [4.78, 5) is 0. The molecule has 17 heteroatoms. The van der Waals surface area contributed by atoms with Gasteiger partial charge in [0.2, 0.25) is 12.2 Å². The van der Waals surface area contributed by atoms with Crippen molar-refractivity contribution in [3.8, 4) is 0 Å². The van der Waals surface area contributed by atoms with Gasteiger partial charge in [-0.2, -0.15) is 52.7 Å². The van der Waals surface area contributed by atoms with Crippen molar-refractivity contribution >= 4 is 12.6 Å². The van der Waals surface area contributed by atoms with Crippen LogP contribution in [-0.4, -0.2) is 44.0 Å². The highest BCUT2D eigenvalue weighted by Gasteiger charge is 2.63. The van der Waals surface area contributed by atoms with Gasteiger partial charge in [0.25, 0.3) is 0 Å². The molecular formula is C12H5BF14O2. The molecule has 0 aliphatic heterocycles. The van der Waals surface area contributed by atoms with Crippen LogP contribution < -0.4 is 5.46 Å². The monoisotopic (exact) mass is 458 g/mol. The quantitative estimate of drug-likeness (QED) is 0.472. The third-order valence-corrected chi connectivity index (χ3v) is 2.87. The molecule has 0 amide bonds. The van der Waals surface area contributed by atoms with Crippen molar-refractivity contribution in [3.05, 3.63) is 29.8 Å². The zero-order valence-corrected chi connectivity index (χ0v) is 13.1. The predicted molar refractivity (Wildman–Crippen MR) is 65.7 cm³/mol. The molecule has 1 rings (SSSR count). The fourth-order valence-corrected chi connectivity index (χ4v) is 1.83. The normalized spacial score (nSPS) is 14.1. The van der Waals surface area contributed by atoms with Gasteiger partial charge in [-0.15, -0.1) is 0 Å². The van der Waals surface area contributed by atoms with Crippen LogP contribution in [0.25, 0.3) is 0 Å².